The highest BCUT2D eigenvalue weighted by Gasteiger charge is 2.44. The van der Waals surface area contributed by atoms with E-state index >= 15 is 0 Å². The average molecular weight is 202 g/mol. The van der Waals surface area contributed by atoms with Crippen LogP contribution in [0.15, 0.2) is 12.4 Å². The van der Waals surface area contributed by atoms with Gasteiger partial charge in [0.25, 0.3) is 0 Å². The van der Waals surface area contributed by atoms with Gasteiger partial charge in [-0.05, 0) is 12.0 Å². The van der Waals surface area contributed by atoms with Crippen LogP contribution in [0.4, 0.5) is 8.78 Å². The van der Waals surface area contributed by atoms with Gasteiger partial charge >= 0.3 is 11.9 Å². The molecule has 0 saturated heterocycles. The first kappa shape index (κ1) is 10.5. The van der Waals surface area contributed by atoms with Crippen molar-refractivity contribution in [2.75, 3.05) is 0 Å². The minimum atomic E-state index is -4.02. The van der Waals surface area contributed by atoms with Crippen molar-refractivity contribution in [2.45, 2.75) is 19.3 Å². The lowest BCUT2D eigenvalue weighted by atomic mass is 10.2. The Labute approximate surface area is 78.6 Å². The van der Waals surface area contributed by atoms with Gasteiger partial charge in [-0.2, -0.15) is 8.78 Å². The number of halogens is 2. The highest BCUT2D eigenvalue weighted by Crippen LogP contribution is 2.24. The number of alkyl halides is 2. The number of nitrogens with zero attached hydrogens (tertiary/aromatic N) is 2. The van der Waals surface area contributed by atoms with Crippen LogP contribution in [-0.2, 0) is 17.1 Å². The SMILES string of the molecule is CCc1cnc(C(F)(F)C(=O)O)nc1. The summed E-state index contributed by atoms with van der Waals surface area (Å²) < 4.78 is 25.6. The van der Waals surface area contributed by atoms with E-state index in [1.165, 1.54) is 12.4 Å². The summed E-state index contributed by atoms with van der Waals surface area (Å²) in [7, 11) is 0. The molecule has 1 N–H and O–H groups in total. The zero-order valence-corrected chi connectivity index (χ0v) is 7.37. The normalized spacial score (nSPS) is 11.4. The summed E-state index contributed by atoms with van der Waals surface area (Å²) in [6.45, 7) is 1.81. The molecule has 0 bridgehead atoms. The number of hydrogen-bond acceptors (Lipinski definition) is 3. The monoisotopic (exact) mass is 202 g/mol. The number of carboxylic acids is 1. The highest BCUT2D eigenvalue weighted by atomic mass is 19.3. The molecule has 1 rings (SSSR count). The van der Waals surface area contributed by atoms with Gasteiger partial charge in [0, 0.05) is 12.4 Å². The number of aliphatic carboxylic acids is 1. The molecule has 0 atom stereocenters. The predicted octanol–water partition coefficient (Wildman–Crippen LogP) is 1.22. The van der Waals surface area contributed by atoms with E-state index < -0.39 is 17.7 Å². The van der Waals surface area contributed by atoms with Gasteiger partial charge < -0.3 is 5.11 Å². The molecule has 0 radical (unpaired) electrons. The summed E-state index contributed by atoms with van der Waals surface area (Å²) in [5.41, 5.74) is 0.676. The molecule has 1 heterocycles. The third-order valence-corrected chi connectivity index (χ3v) is 1.66. The van der Waals surface area contributed by atoms with Gasteiger partial charge in [0.15, 0.2) is 0 Å². The lowest BCUT2D eigenvalue weighted by Gasteiger charge is -2.08. The minimum Gasteiger partial charge on any atom is -0.476 e. The molecule has 1 aromatic rings. The van der Waals surface area contributed by atoms with Gasteiger partial charge in [-0.15, -0.1) is 0 Å². The molecule has 0 fully saturated rings. The summed E-state index contributed by atoms with van der Waals surface area (Å²) in [6, 6.07) is 0. The van der Waals surface area contributed by atoms with E-state index in [1.807, 2.05) is 6.92 Å². The van der Waals surface area contributed by atoms with Crippen molar-refractivity contribution >= 4 is 5.97 Å². The number of carboxylic acid groups (broad SMARTS) is 1. The van der Waals surface area contributed by atoms with Crippen LogP contribution in [0.1, 0.15) is 18.3 Å². The van der Waals surface area contributed by atoms with Gasteiger partial charge in [0.1, 0.15) is 0 Å². The third kappa shape index (κ3) is 1.84. The summed E-state index contributed by atoms with van der Waals surface area (Å²) >= 11 is 0. The Bertz CT molecular complexity index is 338. The van der Waals surface area contributed by atoms with Crippen molar-refractivity contribution in [1.82, 2.24) is 9.97 Å². The fraction of sp³-hybridized carbons (Fsp3) is 0.375. The van der Waals surface area contributed by atoms with Crippen molar-refractivity contribution in [2.24, 2.45) is 0 Å². The van der Waals surface area contributed by atoms with E-state index in [0.29, 0.717) is 12.0 Å². The molecule has 0 aliphatic carbocycles. The van der Waals surface area contributed by atoms with Crippen molar-refractivity contribution in [1.29, 1.82) is 0 Å². The molecule has 0 unspecified atom stereocenters. The zero-order valence-electron chi connectivity index (χ0n) is 7.37. The Morgan fingerprint density at radius 2 is 2.00 bits per heavy atom. The van der Waals surface area contributed by atoms with Crippen molar-refractivity contribution < 1.29 is 18.7 Å². The lowest BCUT2D eigenvalue weighted by Crippen LogP contribution is -2.27. The molecule has 0 amide bonds. The molecule has 76 valence electrons. The minimum absolute atomic E-state index is 0.610. The molecule has 0 aromatic carbocycles. The van der Waals surface area contributed by atoms with Gasteiger partial charge in [-0.25, -0.2) is 14.8 Å². The average Bonchev–Trinajstić information content (AvgIpc) is 2.17. The van der Waals surface area contributed by atoms with E-state index in [9.17, 15) is 13.6 Å². The summed E-state index contributed by atoms with van der Waals surface area (Å²) in [5.74, 6) is -7.25. The maximum Gasteiger partial charge on any atom is 0.400 e. The standard InChI is InChI=1S/C8H8F2N2O2/c1-2-5-3-11-6(12-4-5)8(9,10)7(13)14/h3-4H,2H2,1H3,(H,13,14). The van der Waals surface area contributed by atoms with Crippen LogP contribution in [0.25, 0.3) is 0 Å². The Kier molecular flexibility index (Phi) is 2.73. The van der Waals surface area contributed by atoms with E-state index in [1.54, 1.807) is 0 Å². The molecular formula is C8H8F2N2O2. The molecule has 4 nitrogen and oxygen atoms in total. The largest absolute Gasteiger partial charge is 0.476 e. The fourth-order valence-corrected chi connectivity index (χ4v) is 0.795. The van der Waals surface area contributed by atoms with E-state index in [2.05, 4.69) is 9.97 Å². The maximum absolute atomic E-state index is 12.8. The molecule has 0 aliphatic rings. The van der Waals surface area contributed by atoms with Crippen LogP contribution in [-0.4, -0.2) is 21.0 Å². The Hall–Kier alpha value is -1.59. The zero-order chi connectivity index (χ0) is 10.8. The molecule has 0 spiro atoms. The van der Waals surface area contributed by atoms with Crippen LogP contribution in [0, 0.1) is 0 Å². The van der Waals surface area contributed by atoms with Crippen LogP contribution in [0.2, 0.25) is 0 Å². The van der Waals surface area contributed by atoms with Gasteiger partial charge in [0.2, 0.25) is 5.82 Å². The molecule has 14 heavy (non-hydrogen) atoms. The van der Waals surface area contributed by atoms with Crippen LogP contribution >= 0.6 is 0 Å². The third-order valence-electron chi connectivity index (χ3n) is 1.66. The molecule has 6 heteroatoms. The van der Waals surface area contributed by atoms with E-state index in [0.717, 1.165) is 0 Å². The van der Waals surface area contributed by atoms with Crippen molar-refractivity contribution in [3.05, 3.63) is 23.8 Å². The fourth-order valence-electron chi connectivity index (χ4n) is 0.795. The first-order chi connectivity index (χ1) is 6.48. The Balaban J connectivity index is 3.02. The number of aryl methyl sites for hydroxylation is 1. The van der Waals surface area contributed by atoms with Gasteiger partial charge in [-0.1, -0.05) is 6.92 Å². The quantitative estimate of drug-likeness (QED) is 0.800. The topological polar surface area (TPSA) is 63.1 Å². The summed E-state index contributed by atoms with van der Waals surface area (Å²) in [5, 5.41) is 8.19. The van der Waals surface area contributed by atoms with E-state index in [4.69, 9.17) is 5.11 Å². The molecule has 0 saturated carbocycles. The Morgan fingerprint density at radius 1 is 1.50 bits per heavy atom. The summed E-state index contributed by atoms with van der Waals surface area (Å²) in [4.78, 5) is 16.7. The first-order valence-electron chi connectivity index (χ1n) is 3.91. The number of aromatic nitrogens is 2. The van der Waals surface area contributed by atoms with Crippen LogP contribution in [0.5, 0.6) is 0 Å². The van der Waals surface area contributed by atoms with Crippen molar-refractivity contribution in [3.8, 4) is 0 Å². The van der Waals surface area contributed by atoms with Crippen molar-refractivity contribution in [3.63, 3.8) is 0 Å². The van der Waals surface area contributed by atoms with E-state index in [-0.39, 0.29) is 0 Å². The van der Waals surface area contributed by atoms with Crippen LogP contribution in [0.3, 0.4) is 0 Å². The maximum atomic E-state index is 12.8. The van der Waals surface area contributed by atoms with Crippen LogP contribution < -0.4 is 0 Å². The van der Waals surface area contributed by atoms with Gasteiger partial charge in [0.05, 0.1) is 0 Å². The number of rotatable bonds is 3. The highest BCUT2D eigenvalue weighted by molar-refractivity contribution is 5.75. The lowest BCUT2D eigenvalue weighted by molar-refractivity contribution is -0.167. The first-order valence-corrected chi connectivity index (χ1v) is 3.91. The smallest absolute Gasteiger partial charge is 0.400 e. The van der Waals surface area contributed by atoms with Gasteiger partial charge in [-0.3, -0.25) is 0 Å². The second-order valence-corrected chi connectivity index (χ2v) is 2.65. The molecule has 1 aromatic heterocycles. The second-order valence-electron chi connectivity index (χ2n) is 2.65. The Morgan fingerprint density at radius 3 is 2.36 bits per heavy atom. The predicted molar refractivity (Wildman–Crippen MR) is 42.9 cm³/mol. The summed E-state index contributed by atoms with van der Waals surface area (Å²) in [6.07, 6.45) is 3.00. The number of carbonyl (C=O) groups is 1. The molecular weight excluding hydrogens is 194 g/mol. The molecule has 0 aliphatic heterocycles. The number of hydrogen-bond donors (Lipinski definition) is 1. The second kappa shape index (κ2) is 3.65.